The van der Waals surface area contributed by atoms with Crippen LogP contribution in [-0.2, 0) is 12.7 Å². The summed E-state index contributed by atoms with van der Waals surface area (Å²) in [5, 5.41) is 7.34. The van der Waals surface area contributed by atoms with Crippen molar-refractivity contribution in [3.8, 4) is 5.69 Å². The Morgan fingerprint density at radius 3 is 2.71 bits per heavy atom. The lowest BCUT2D eigenvalue weighted by Crippen LogP contribution is -2.20. The van der Waals surface area contributed by atoms with Crippen LogP contribution >= 0.6 is 11.6 Å². The fourth-order valence-electron chi connectivity index (χ4n) is 2.16. The normalized spacial score (nSPS) is 15.4. The lowest BCUT2D eigenvalue weighted by Gasteiger charge is -2.13. The predicted molar refractivity (Wildman–Crippen MR) is 73.4 cm³/mol. The van der Waals surface area contributed by atoms with Crippen molar-refractivity contribution in [2.24, 2.45) is 0 Å². The summed E-state index contributed by atoms with van der Waals surface area (Å²) < 4.78 is 40.9. The summed E-state index contributed by atoms with van der Waals surface area (Å²) >= 11 is 5.84. The van der Waals surface area contributed by atoms with Crippen LogP contribution in [-0.4, -0.2) is 15.8 Å². The fourth-order valence-corrected chi connectivity index (χ4v) is 2.34. The van der Waals surface area contributed by atoms with Crippen LogP contribution in [0.4, 0.5) is 13.2 Å². The zero-order valence-electron chi connectivity index (χ0n) is 11.0. The topological polar surface area (TPSA) is 29.9 Å². The van der Waals surface area contributed by atoms with Gasteiger partial charge in [-0.1, -0.05) is 17.7 Å². The Balaban J connectivity index is 1.99. The van der Waals surface area contributed by atoms with Crippen molar-refractivity contribution < 1.29 is 13.2 Å². The molecule has 1 heterocycles. The van der Waals surface area contributed by atoms with Crippen LogP contribution in [0.2, 0.25) is 5.02 Å². The molecule has 1 fully saturated rings. The molecule has 0 unspecified atom stereocenters. The highest BCUT2D eigenvalue weighted by molar-refractivity contribution is 6.30. The molecule has 21 heavy (non-hydrogen) atoms. The standard InChI is InChI=1S/C14H13ClF3N3/c15-10-2-1-3-12(6-10)21-13(14(16,17)18)9(8-20-21)7-19-11-4-5-11/h1-3,6,8,11,19H,4-5,7H2. The Hall–Kier alpha value is -1.53. The highest BCUT2D eigenvalue weighted by Crippen LogP contribution is 2.34. The molecule has 0 aliphatic heterocycles. The Bertz CT molecular complexity index is 647. The van der Waals surface area contributed by atoms with Gasteiger partial charge in [-0.25, -0.2) is 4.68 Å². The third-order valence-corrected chi connectivity index (χ3v) is 3.56. The van der Waals surface area contributed by atoms with Crippen LogP contribution in [0.5, 0.6) is 0 Å². The maximum atomic E-state index is 13.3. The molecule has 112 valence electrons. The number of hydrogen-bond acceptors (Lipinski definition) is 2. The number of benzene rings is 1. The lowest BCUT2D eigenvalue weighted by atomic mass is 10.2. The number of nitrogens with one attached hydrogen (secondary N) is 1. The number of aromatic nitrogens is 2. The molecule has 0 radical (unpaired) electrons. The van der Waals surface area contributed by atoms with Crippen molar-refractivity contribution in [2.75, 3.05) is 0 Å². The minimum atomic E-state index is -4.47. The molecular formula is C14H13ClF3N3. The van der Waals surface area contributed by atoms with E-state index in [1.165, 1.54) is 12.3 Å². The molecule has 1 aliphatic rings. The van der Waals surface area contributed by atoms with Gasteiger partial charge in [-0.3, -0.25) is 0 Å². The van der Waals surface area contributed by atoms with Gasteiger partial charge < -0.3 is 5.32 Å². The van der Waals surface area contributed by atoms with E-state index in [0.29, 0.717) is 16.8 Å². The first-order valence-corrected chi connectivity index (χ1v) is 6.96. The first-order valence-electron chi connectivity index (χ1n) is 6.58. The van der Waals surface area contributed by atoms with Crippen LogP contribution in [0.15, 0.2) is 30.5 Å². The van der Waals surface area contributed by atoms with Gasteiger partial charge in [-0.2, -0.15) is 18.3 Å². The zero-order chi connectivity index (χ0) is 15.0. The summed E-state index contributed by atoms with van der Waals surface area (Å²) in [4.78, 5) is 0. The summed E-state index contributed by atoms with van der Waals surface area (Å²) in [6.07, 6.45) is -1.17. The molecular weight excluding hydrogens is 303 g/mol. The van der Waals surface area contributed by atoms with Crippen molar-refractivity contribution in [3.63, 3.8) is 0 Å². The van der Waals surface area contributed by atoms with Gasteiger partial charge in [0.1, 0.15) is 0 Å². The highest BCUT2D eigenvalue weighted by Gasteiger charge is 2.38. The second-order valence-corrected chi connectivity index (χ2v) is 5.50. The van der Waals surface area contributed by atoms with E-state index in [4.69, 9.17) is 11.6 Å². The van der Waals surface area contributed by atoms with E-state index >= 15 is 0 Å². The summed E-state index contributed by atoms with van der Waals surface area (Å²) in [6.45, 7) is 0.167. The second kappa shape index (κ2) is 5.35. The fraction of sp³-hybridized carbons (Fsp3) is 0.357. The third kappa shape index (κ3) is 3.22. The maximum Gasteiger partial charge on any atom is 0.433 e. The van der Waals surface area contributed by atoms with Gasteiger partial charge in [0.2, 0.25) is 0 Å². The molecule has 2 aromatic rings. The average Bonchev–Trinajstić information content (AvgIpc) is 3.12. The molecule has 0 saturated heterocycles. The maximum absolute atomic E-state index is 13.3. The van der Waals surface area contributed by atoms with Gasteiger partial charge in [0, 0.05) is 23.2 Å². The van der Waals surface area contributed by atoms with Crippen molar-refractivity contribution >= 4 is 11.6 Å². The van der Waals surface area contributed by atoms with Crippen LogP contribution in [0.1, 0.15) is 24.1 Å². The van der Waals surface area contributed by atoms with Crippen LogP contribution in [0.25, 0.3) is 5.69 Å². The third-order valence-electron chi connectivity index (χ3n) is 3.32. The quantitative estimate of drug-likeness (QED) is 0.930. The average molecular weight is 316 g/mol. The van der Waals surface area contributed by atoms with Gasteiger partial charge in [0.25, 0.3) is 0 Å². The minimum Gasteiger partial charge on any atom is -0.310 e. The molecule has 1 N–H and O–H groups in total. The van der Waals surface area contributed by atoms with Gasteiger partial charge >= 0.3 is 6.18 Å². The van der Waals surface area contributed by atoms with Crippen LogP contribution in [0.3, 0.4) is 0 Å². The monoisotopic (exact) mass is 315 g/mol. The van der Waals surface area contributed by atoms with Crippen molar-refractivity contribution in [1.29, 1.82) is 0 Å². The van der Waals surface area contributed by atoms with Crippen molar-refractivity contribution in [2.45, 2.75) is 31.6 Å². The summed E-state index contributed by atoms with van der Waals surface area (Å²) in [5.41, 5.74) is -0.306. The molecule has 3 rings (SSSR count). The molecule has 0 bridgehead atoms. The molecule has 0 amide bonds. The number of alkyl halides is 3. The van der Waals surface area contributed by atoms with E-state index in [1.807, 2.05) is 0 Å². The molecule has 1 aromatic carbocycles. The van der Waals surface area contributed by atoms with E-state index in [1.54, 1.807) is 18.2 Å². The zero-order valence-corrected chi connectivity index (χ0v) is 11.7. The number of hydrogen-bond donors (Lipinski definition) is 1. The molecule has 1 saturated carbocycles. The Labute approximate surface area is 124 Å². The molecule has 0 atom stereocenters. The second-order valence-electron chi connectivity index (χ2n) is 5.06. The summed E-state index contributed by atoms with van der Waals surface area (Å²) in [6, 6.07) is 6.55. The van der Waals surface area contributed by atoms with Crippen LogP contribution in [0, 0.1) is 0 Å². The van der Waals surface area contributed by atoms with Crippen molar-refractivity contribution in [3.05, 3.63) is 46.7 Å². The SMILES string of the molecule is FC(F)(F)c1c(CNC2CC2)cnn1-c1cccc(Cl)c1. The molecule has 1 aromatic heterocycles. The molecule has 1 aliphatic carbocycles. The predicted octanol–water partition coefficient (Wildman–Crippen LogP) is 3.80. The van der Waals surface area contributed by atoms with Gasteiger partial charge in [0.15, 0.2) is 5.69 Å². The number of nitrogens with zero attached hydrogens (tertiary/aromatic N) is 2. The molecule has 0 spiro atoms. The molecule has 7 heteroatoms. The van der Waals surface area contributed by atoms with Gasteiger partial charge in [-0.05, 0) is 31.0 Å². The van der Waals surface area contributed by atoms with E-state index in [9.17, 15) is 13.2 Å². The summed E-state index contributed by atoms with van der Waals surface area (Å²) in [5.74, 6) is 0. The Morgan fingerprint density at radius 1 is 1.33 bits per heavy atom. The lowest BCUT2D eigenvalue weighted by molar-refractivity contribution is -0.143. The van der Waals surface area contributed by atoms with Gasteiger partial charge in [-0.15, -0.1) is 0 Å². The molecule has 3 nitrogen and oxygen atoms in total. The Kier molecular flexibility index (Phi) is 3.67. The largest absolute Gasteiger partial charge is 0.433 e. The smallest absolute Gasteiger partial charge is 0.310 e. The van der Waals surface area contributed by atoms with E-state index in [0.717, 1.165) is 17.5 Å². The Morgan fingerprint density at radius 2 is 2.10 bits per heavy atom. The minimum absolute atomic E-state index is 0.148. The number of halogens is 4. The van der Waals surface area contributed by atoms with Crippen LogP contribution < -0.4 is 5.32 Å². The first kappa shape index (κ1) is 14.4. The first-order chi connectivity index (χ1) is 9.95. The highest BCUT2D eigenvalue weighted by atomic mass is 35.5. The van der Waals surface area contributed by atoms with Crippen molar-refractivity contribution in [1.82, 2.24) is 15.1 Å². The summed E-state index contributed by atoms with van der Waals surface area (Å²) in [7, 11) is 0. The van der Waals surface area contributed by atoms with E-state index in [2.05, 4.69) is 10.4 Å². The van der Waals surface area contributed by atoms with E-state index in [-0.39, 0.29) is 12.1 Å². The van der Waals surface area contributed by atoms with E-state index < -0.39 is 11.9 Å². The van der Waals surface area contributed by atoms with Gasteiger partial charge in [0.05, 0.1) is 11.9 Å². The number of rotatable bonds is 4.